The molecule has 0 atom stereocenters. The first-order chi connectivity index (χ1) is 9.95. The van der Waals surface area contributed by atoms with E-state index in [1.54, 1.807) is 18.2 Å². The number of carbonyl (C=O) groups is 1. The SMILES string of the molecule is O=C(O)c1ccc2nc(-c3cc(Cl)c(Cl)c(Cl)c3)oc2c1. The van der Waals surface area contributed by atoms with Gasteiger partial charge in [0.15, 0.2) is 5.58 Å². The molecule has 0 radical (unpaired) electrons. The fourth-order valence-electron chi connectivity index (χ4n) is 1.86. The number of halogens is 3. The minimum atomic E-state index is -1.03. The summed E-state index contributed by atoms with van der Waals surface area (Å²) in [5, 5.41) is 9.79. The average Bonchev–Trinajstić information content (AvgIpc) is 2.86. The number of hydrogen-bond acceptors (Lipinski definition) is 3. The van der Waals surface area contributed by atoms with Gasteiger partial charge in [-0.2, -0.15) is 0 Å². The number of rotatable bonds is 2. The Bertz CT molecular complexity index is 850. The van der Waals surface area contributed by atoms with Crippen LogP contribution in [0.2, 0.25) is 15.1 Å². The van der Waals surface area contributed by atoms with Crippen molar-refractivity contribution in [1.29, 1.82) is 0 Å². The van der Waals surface area contributed by atoms with Crippen LogP contribution in [0.1, 0.15) is 10.4 Å². The summed E-state index contributed by atoms with van der Waals surface area (Å²) in [6.07, 6.45) is 0. The van der Waals surface area contributed by atoms with Crippen LogP contribution >= 0.6 is 34.8 Å². The van der Waals surface area contributed by atoms with E-state index in [9.17, 15) is 4.79 Å². The number of hydrogen-bond donors (Lipinski definition) is 1. The average molecular weight is 343 g/mol. The first-order valence-corrected chi connectivity index (χ1v) is 6.88. The van der Waals surface area contributed by atoms with Gasteiger partial charge in [-0.05, 0) is 30.3 Å². The molecule has 106 valence electrons. The van der Waals surface area contributed by atoms with Crippen molar-refractivity contribution < 1.29 is 14.3 Å². The molecule has 0 spiro atoms. The third kappa shape index (κ3) is 2.58. The van der Waals surface area contributed by atoms with Crippen molar-refractivity contribution in [3.63, 3.8) is 0 Å². The van der Waals surface area contributed by atoms with Gasteiger partial charge in [0.25, 0.3) is 0 Å². The monoisotopic (exact) mass is 341 g/mol. The van der Waals surface area contributed by atoms with E-state index < -0.39 is 5.97 Å². The molecule has 0 aliphatic rings. The Labute approximate surface area is 133 Å². The van der Waals surface area contributed by atoms with Crippen molar-refractivity contribution in [2.75, 3.05) is 0 Å². The van der Waals surface area contributed by atoms with Gasteiger partial charge in [-0.15, -0.1) is 0 Å². The van der Waals surface area contributed by atoms with E-state index in [0.29, 0.717) is 16.7 Å². The molecule has 21 heavy (non-hydrogen) atoms. The molecule has 0 unspecified atom stereocenters. The highest BCUT2D eigenvalue weighted by atomic mass is 35.5. The van der Waals surface area contributed by atoms with Crippen LogP contribution < -0.4 is 0 Å². The molecule has 0 saturated carbocycles. The zero-order chi connectivity index (χ0) is 15.1. The van der Waals surface area contributed by atoms with Gasteiger partial charge in [0.1, 0.15) is 5.52 Å². The van der Waals surface area contributed by atoms with E-state index >= 15 is 0 Å². The Morgan fingerprint density at radius 2 is 1.76 bits per heavy atom. The maximum absolute atomic E-state index is 10.9. The number of carboxylic acids is 1. The van der Waals surface area contributed by atoms with Crippen LogP contribution in [-0.4, -0.2) is 16.1 Å². The van der Waals surface area contributed by atoms with E-state index in [1.165, 1.54) is 12.1 Å². The van der Waals surface area contributed by atoms with Gasteiger partial charge in [-0.1, -0.05) is 34.8 Å². The highest BCUT2D eigenvalue weighted by Gasteiger charge is 2.14. The summed E-state index contributed by atoms with van der Waals surface area (Å²) in [7, 11) is 0. The standard InChI is InChI=1S/C14H6Cl3NO3/c15-8-3-7(4-9(16)12(8)17)13-18-10-2-1-6(14(19)20)5-11(10)21-13/h1-5H,(H,19,20). The van der Waals surface area contributed by atoms with Gasteiger partial charge in [-0.25, -0.2) is 9.78 Å². The third-order valence-corrected chi connectivity index (χ3v) is 4.06. The number of fused-ring (bicyclic) bond motifs is 1. The predicted molar refractivity (Wildman–Crippen MR) is 81.4 cm³/mol. The Kier molecular flexibility index (Phi) is 3.53. The molecule has 0 amide bonds. The number of nitrogens with zero attached hydrogens (tertiary/aromatic N) is 1. The highest BCUT2D eigenvalue weighted by molar-refractivity contribution is 6.48. The second-order valence-corrected chi connectivity index (χ2v) is 5.45. The van der Waals surface area contributed by atoms with Crippen LogP contribution in [0.5, 0.6) is 0 Å². The smallest absolute Gasteiger partial charge is 0.335 e. The molecule has 0 fully saturated rings. The third-order valence-electron chi connectivity index (χ3n) is 2.87. The summed E-state index contributed by atoms with van der Waals surface area (Å²) in [6, 6.07) is 7.61. The molecule has 3 aromatic rings. The first kappa shape index (κ1) is 14.2. The molecule has 1 aromatic heterocycles. The first-order valence-electron chi connectivity index (χ1n) is 5.74. The molecule has 3 rings (SSSR count). The number of carboxylic acid groups (broad SMARTS) is 1. The largest absolute Gasteiger partial charge is 0.478 e. The van der Waals surface area contributed by atoms with Crippen LogP contribution in [0.15, 0.2) is 34.7 Å². The van der Waals surface area contributed by atoms with Gasteiger partial charge in [0.05, 0.1) is 20.6 Å². The fourth-order valence-corrected chi connectivity index (χ4v) is 2.46. The molecular weight excluding hydrogens is 337 g/mol. The molecule has 7 heteroatoms. The van der Waals surface area contributed by atoms with E-state index in [-0.39, 0.29) is 26.5 Å². The summed E-state index contributed by atoms with van der Waals surface area (Å²) in [4.78, 5) is 15.2. The summed E-state index contributed by atoms with van der Waals surface area (Å²) in [5.74, 6) is -0.750. The topological polar surface area (TPSA) is 63.3 Å². The Hall–Kier alpha value is -1.75. The van der Waals surface area contributed by atoms with Crippen LogP contribution in [-0.2, 0) is 0 Å². The molecule has 0 saturated heterocycles. The van der Waals surface area contributed by atoms with E-state index in [2.05, 4.69) is 4.98 Å². The lowest BCUT2D eigenvalue weighted by Crippen LogP contribution is -1.94. The van der Waals surface area contributed by atoms with Crippen molar-refractivity contribution in [2.24, 2.45) is 0 Å². The number of benzene rings is 2. The maximum atomic E-state index is 10.9. The van der Waals surface area contributed by atoms with Crippen LogP contribution in [0.25, 0.3) is 22.6 Å². The Balaban J connectivity index is 2.15. The lowest BCUT2D eigenvalue weighted by Gasteiger charge is -2.01. The fraction of sp³-hybridized carbons (Fsp3) is 0. The Morgan fingerprint density at radius 1 is 1.10 bits per heavy atom. The zero-order valence-electron chi connectivity index (χ0n) is 10.2. The van der Waals surface area contributed by atoms with E-state index in [0.717, 1.165) is 0 Å². The molecule has 1 heterocycles. The molecule has 0 bridgehead atoms. The lowest BCUT2D eigenvalue weighted by atomic mass is 10.2. The molecule has 0 aliphatic carbocycles. The lowest BCUT2D eigenvalue weighted by molar-refractivity contribution is 0.0697. The quantitative estimate of drug-likeness (QED) is 0.654. The molecule has 4 nitrogen and oxygen atoms in total. The number of aromatic nitrogens is 1. The molecular formula is C14H6Cl3NO3. The van der Waals surface area contributed by atoms with Crippen molar-refractivity contribution in [2.45, 2.75) is 0 Å². The van der Waals surface area contributed by atoms with Gasteiger partial charge >= 0.3 is 5.97 Å². The van der Waals surface area contributed by atoms with Crippen LogP contribution in [0, 0.1) is 0 Å². The predicted octanol–water partition coefficient (Wildman–Crippen LogP) is 5.15. The summed E-state index contributed by atoms with van der Waals surface area (Å²) in [5.41, 5.74) is 1.59. The molecule has 2 aromatic carbocycles. The highest BCUT2D eigenvalue weighted by Crippen LogP contribution is 2.35. The van der Waals surface area contributed by atoms with Crippen molar-refractivity contribution in [3.05, 3.63) is 51.0 Å². The minimum Gasteiger partial charge on any atom is -0.478 e. The maximum Gasteiger partial charge on any atom is 0.335 e. The van der Waals surface area contributed by atoms with Gasteiger partial charge in [0.2, 0.25) is 5.89 Å². The second kappa shape index (κ2) is 5.22. The van der Waals surface area contributed by atoms with Gasteiger partial charge < -0.3 is 9.52 Å². The summed E-state index contributed by atoms with van der Waals surface area (Å²) in [6.45, 7) is 0. The van der Waals surface area contributed by atoms with Crippen molar-refractivity contribution >= 4 is 51.9 Å². The van der Waals surface area contributed by atoms with Crippen LogP contribution in [0.3, 0.4) is 0 Å². The molecule has 1 N–H and O–H groups in total. The van der Waals surface area contributed by atoms with E-state index in [1.807, 2.05) is 0 Å². The van der Waals surface area contributed by atoms with Crippen LogP contribution in [0.4, 0.5) is 0 Å². The molecule has 0 aliphatic heterocycles. The van der Waals surface area contributed by atoms with Crippen molar-refractivity contribution in [1.82, 2.24) is 4.98 Å². The summed E-state index contributed by atoms with van der Waals surface area (Å²) < 4.78 is 5.56. The summed E-state index contributed by atoms with van der Waals surface area (Å²) >= 11 is 17.8. The normalized spacial score (nSPS) is 11.0. The zero-order valence-corrected chi connectivity index (χ0v) is 12.5. The van der Waals surface area contributed by atoms with Crippen molar-refractivity contribution in [3.8, 4) is 11.5 Å². The number of aromatic carboxylic acids is 1. The van der Waals surface area contributed by atoms with Gasteiger partial charge in [0, 0.05) is 5.56 Å². The van der Waals surface area contributed by atoms with E-state index in [4.69, 9.17) is 44.3 Å². The Morgan fingerprint density at radius 3 is 2.38 bits per heavy atom. The minimum absolute atomic E-state index is 0.123. The number of oxazole rings is 1. The second-order valence-electron chi connectivity index (χ2n) is 4.26. The van der Waals surface area contributed by atoms with Gasteiger partial charge in [-0.3, -0.25) is 0 Å².